The average Bonchev–Trinajstić information content (AvgIpc) is 3.42. The molecule has 7 nitrogen and oxygen atoms in total. The van der Waals surface area contributed by atoms with Gasteiger partial charge in [0.1, 0.15) is 6.61 Å². The molecule has 0 aromatic heterocycles. The van der Waals surface area contributed by atoms with Gasteiger partial charge in [0.2, 0.25) is 5.91 Å². The molecule has 7 heteroatoms. The molecule has 4 rings (SSSR count). The summed E-state index contributed by atoms with van der Waals surface area (Å²) in [5.74, 6) is -1.90. The number of hydrogen-bond acceptors (Lipinski definition) is 4. The Bertz CT molecular complexity index is 991. The Balaban J connectivity index is 1.28. The quantitative estimate of drug-likeness (QED) is 0.568. The van der Waals surface area contributed by atoms with Crippen molar-refractivity contribution in [3.8, 4) is 11.1 Å². The van der Waals surface area contributed by atoms with Gasteiger partial charge in [-0.15, -0.1) is 0 Å². The summed E-state index contributed by atoms with van der Waals surface area (Å²) >= 11 is 0. The Morgan fingerprint density at radius 3 is 2.27 bits per heavy atom. The normalized spacial score (nSPS) is 19.9. The highest BCUT2D eigenvalue weighted by molar-refractivity contribution is 5.80. The molecule has 1 saturated carbocycles. The summed E-state index contributed by atoms with van der Waals surface area (Å²) in [5, 5.41) is 14.6. The molecular formula is C26H30N2O5. The summed E-state index contributed by atoms with van der Waals surface area (Å²) in [7, 11) is 0. The van der Waals surface area contributed by atoms with Crippen LogP contribution in [-0.2, 0) is 14.3 Å². The van der Waals surface area contributed by atoms with Gasteiger partial charge in [-0.05, 0) is 41.0 Å². The summed E-state index contributed by atoms with van der Waals surface area (Å²) in [6, 6.07) is 16.4. The molecule has 3 N–H and O–H groups in total. The first-order valence-corrected chi connectivity index (χ1v) is 11.5. The Kier molecular flexibility index (Phi) is 6.96. The number of alkyl carbamates (subject to hydrolysis) is 1. The average molecular weight is 451 g/mol. The third kappa shape index (κ3) is 5.02. The Morgan fingerprint density at radius 2 is 1.64 bits per heavy atom. The number of nitrogens with one attached hydrogen (secondary N) is 2. The van der Waals surface area contributed by atoms with Crippen molar-refractivity contribution in [2.24, 2.45) is 17.8 Å². The topological polar surface area (TPSA) is 105 Å². The summed E-state index contributed by atoms with van der Waals surface area (Å²) < 4.78 is 5.58. The van der Waals surface area contributed by atoms with E-state index < -0.39 is 18.0 Å². The standard InChI is InChI=1S/C26H30N2O5/c1-16(25(30)31)13-27-24(29)18-12-6-7-17(18)14-28-26(32)33-15-23-21-10-4-2-8-19(21)20-9-3-5-11-22(20)23/h2-5,8-11,16-18,23H,6-7,12-15H2,1H3,(H,27,29)(H,28,32)(H,30,31)/t16?,17-,18-/m0/s1. The number of carbonyl (C=O) groups excluding carboxylic acids is 2. The van der Waals surface area contributed by atoms with E-state index >= 15 is 0 Å². The summed E-state index contributed by atoms with van der Waals surface area (Å²) in [6.07, 6.45) is 2.01. The lowest BCUT2D eigenvalue weighted by atomic mass is 9.95. The first-order valence-electron chi connectivity index (χ1n) is 11.5. The fraction of sp³-hybridized carbons (Fsp3) is 0.423. The molecule has 0 saturated heterocycles. The van der Waals surface area contributed by atoms with Crippen molar-refractivity contribution >= 4 is 18.0 Å². The van der Waals surface area contributed by atoms with E-state index in [0.717, 1.165) is 30.4 Å². The van der Waals surface area contributed by atoms with Gasteiger partial charge in [-0.1, -0.05) is 61.9 Å². The molecule has 0 bridgehead atoms. The van der Waals surface area contributed by atoms with Crippen LogP contribution >= 0.6 is 0 Å². The predicted octanol–water partition coefficient (Wildman–Crippen LogP) is 3.78. The first kappa shape index (κ1) is 22.8. The van der Waals surface area contributed by atoms with Crippen molar-refractivity contribution in [1.82, 2.24) is 10.6 Å². The molecule has 2 aromatic carbocycles. The highest BCUT2D eigenvalue weighted by Crippen LogP contribution is 2.44. The predicted molar refractivity (Wildman–Crippen MR) is 124 cm³/mol. The summed E-state index contributed by atoms with van der Waals surface area (Å²) in [5.41, 5.74) is 4.68. The highest BCUT2D eigenvalue weighted by atomic mass is 16.5. The molecule has 2 aliphatic carbocycles. The van der Waals surface area contributed by atoms with E-state index in [0.29, 0.717) is 6.54 Å². The molecule has 174 valence electrons. The van der Waals surface area contributed by atoms with Gasteiger partial charge in [0.05, 0.1) is 5.92 Å². The molecule has 0 aliphatic heterocycles. The van der Waals surface area contributed by atoms with Crippen LogP contribution in [0, 0.1) is 17.8 Å². The van der Waals surface area contributed by atoms with Crippen LogP contribution in [0.3, 0.4) is 0 Å². The van der Waals surface area contributed by atoms with Crippen molar-refractivity contribution in [3.05, 3.63) is 59.7 Å². The highest BCUT2D eigenvalue weighted by Gasteiger charge is 2.34. The van der Waals surface area contributed by atoms with Gasteiger partial charge in [-0.2, -0.15) is 0 Å². The van der Waals surface area contributed by atoms with E-state index in [9.17, 15) is 14.4 Å². The first-order chi connectivity index (χ1) is 16.0. The number of carboxylic acids is 1. The number of carbonyl (C=O) groups is 3. The number of aliphatic carboxylic acids is 1. The Hall–Kier alpha value is -3.35. The molecule has 1 unspecified atom stereocenters. The Labute approximate surface area is 193 Å². The molecule has 1 fully saturated rings. The van der Waals surface area contributed by atoms with Crippen molar-refractivity contribution in [3.63, 3.8) is 0 Å². The van der Waals surface area contributed by atoms with Gasteiger partial charge in [0, 0.05) is 24.9 Å². The van der Waals surface area contributed by atoms with E-state index in [1.54, 1.807) is 6.92 Å². The number of benzene rings is 2. The maximum atomic E-state index is 12.5. The van der Waals surface area contributed by atoms with Gasteiger partial charge >= 0.3 is 12.1 Å². The fourth-order valence-electron chi connectivity index (χ4n) is 4.96. The molecule has 2 amide bonds. The van der Waals surface area contributed by atoms with E-state index in [2.05, 4.69) is 34.9 Å². The lowest BCUT2D eigenvalue weighted by molar-refractivity contribution is -0.141. The van der Waals surface area contributed by atoms with Gasteiger partial charge in [-0.3, -0.25) is 9.59 Å². The van der Waals surface area contributed by atoms with Crippen LogP contribution in [0.25, 0.3) is 11.1 Å². The molecule has 2 aromatic rings. The smallest absolute Gasteiger partial charge is 0.407 e. The van der Waals surface area contributed by atoms with Crippen LogP contribution in [0.1, 0.15) is 43.2 Å². The molecule has 33 heavy (non-hydrogen) atoms. The molecule has 2 aliphatic rings. The van der Waals surface area contributed by atoms with Crippen LogP contribution in [0.4, 0.5) is 4.79 Å². The molecule has 3 atom stereocenters. The van der Waals surface area contributed by atoms with E-state index in [4.69, 9.17) is 9.84 Å². The van der Waals surface area contributed by atoms with Crippen LogP contribution in [0.5, 0.6) is 0 Å². The number of fused-ring (bicyclic) bond motifs is 3. The zero-order valence-corrected chi connectivity index (χ0v) is 18.8. The minimum Gasteiger partial charge on any atom is -0.481 e. The monoisotopic (exact) mass is 450 g/mol. The number of amides is 2. The van der Waals surface area contributed by atoms with Gasteiger partial charge < -0.3 is 20.5 Å². The van der Waals surface area contributed by atoms with Crippen LogP contribution in [-0.4, -0.2) is 42.8 Å². The van der Waals surface area contributed by atoms with Gasteiger partial charge in [0.25, 0.3) is 0 Å². The second-order valence-corrected chi connectivity index (χ2v) is 8.99. The maximum absolute atomic E-state index is 12.5. The molecule has 0 spiro atoms. The van der Waals surface area contributed by atoms with E-state index in [-0.39, 0.29) is 36.8 Å². The third-order valence-electron chi connectivity index (χ3n) is 6.85. The minimum absolute atomic E-state index is 0.00406. The number of hydrogen-bond donors (Lipinski definition) is 3. The van der Waals surface area contributed by atoms with E-state index in [1.165, 1.54) is 11.1 Å². The second kappa shape index (κ2) is 10.1. The van der Waals surface area contributed by atoms with E-state index in [1.807, 2.05) is 24.3 Å². The SMILES string of the molecule is CC(CNC(=O)[C@H]1CCC[C@H]1CNC(=O)OCC1c2ccccc2-c2ccccc21)C(=O)O. The van der Waals surface area contributed by atoms with Crippen molar-refractivity contribution in [2.45, 2.75) is 32.1 Å². The molecule has 0 heterocycles. The zero-order valence-electron chi connectivity index (χ0n) is 18.8. The fourth-order valence-corrected chi connectivity index (χ4v) is 4.96. The summed E-state index contributed by atoms with van der Waals surface area (Å²) in [4.78, 5) is 35.9. The van der Waals surface area contributed by atoms with Gasteiger partial charge in [-0.25, -0.2) is 4.79 Å². The maximum Gasteiger partial charge on any atom is 0.407 e. The van der Waals surface area contributed by atoms with Crippen molar-refractivity contribution in [2.75, 3.05) is 19.7 Å². The zero-order chi connectivity index (χ0) is 23.4. The lowest BCUT2D eigenvalue weighted by Gasteiger charge is -2.20. The van der Waals surface area contributed by atoms with Crippen LogP contribution in [0.2, 0.25) is 0 Å². The van der Waals surface area contributed by atoms with Crippen LogP contribution in [0.15, 0.2) is 48.5 Å². The third-order valence-corrected chi connectivity index (χ3v) is 6.85. The summed E-state index contributed by atoms with van der Waals surface area (Å²) in [6.45, 7) is 2.29. The largest absolute Gasteiger partial charge is 0.481 e. The van der Waals surface area contributed by atoms with Crippen molar-refractivity contribution < 1.29 is 24.2 Å². The van der Waals surface area contributed by atoms with Crippen molar-refractivity contribution in [1.29, 1.82) is 0 Å². The van der Waals surface area contributed by atoms with Gasteiger partial charge in [0.15, 0.2) is 0 Å². The minimum atomic E-state index is -0.935. The number of rotatable bonds is 8. The molecule has 0 radical (unpaired) electrons. The lowest BCUT2D eigenvalue weighted by Crippen LogP contribution is -2.40. The van der Waals surface area contributed by atoms with Crippen LogP contribution < -0.4 is 10.6 Å². The second-order valence-electron chi connectivity index (χ2n) is 8.99. The number of ether oxygens (including phenoxy) is 1. The Morgan fingerprint density at radius 1 is 1.00 bits per heavy atom. The number of carboxylic acid groups (broad SMARTS) is 1. The molecular weight excluding hydrogens is 420 g/mol.